The van der Waals surface area contributed by atoms with Crippen LogP contribution in [0.2, 0.25) is 0 Å². The number of hydrogen-bond acceptors (Lipinski definition) is 3. The van der Waals surface area contributed by atoms with Gasteiger partial charge in [0.05, 0.1) is 17.5 Å². The van der Waals surface area contributed by atoms with Crippen LogP contribution < -0.4 is 4.90 Å². The van der Waals surface area contributed by atoms with Gasteiger partial charge < -0.3 is 9.64 Å². The highest BCUT2D eigenvalue weighted by Gasteiger charge is 2.19. The Balaban J connectivity index is 1.91. The van der Waals surface area contributed by atoms with Crippen molar-refractivity contribution in [3.8, 4) is 0 Å². The van der Waals surface area contributed by atoms with Crippen LogP contribution in [0.3, 0.4) is 0 Å². The Morgan fingerprint density at radius 3 is 3.00 bits per heavy atom. The SMILES string of the molecule is CN(CC1CCCO1)c1nc2ccccc2cc1CCl. The lowest BCUT2D eigenvalue weighted by atomic mass is 10.1. The third kappa shape index (κ3) is 2.74. The fourth-order valence-electron chi connectivity index (χ4n) is 2.76. The summed E-state index contributed by atoms with van der Waals surface area (Å²) in [5, 5.41) is 1.14. The van der Waals surface area contributed by atoms with E-state index in [1.165, 1.54) is 0 Å². The first-order valence-corrected chi connectivity index (χ1v) is 7.59. The summed E-state index contributed by atoms with van der Waals surface area (Å²) in [5.41, 5.74) is 2.08. The van der Waals surface area contributed by atoms with Crippen molar-refractivity contribution in [2.45, 2.75) is 24.8 Å². The predicted octanol–water partition coefficient (Wildman–Crippen LogP) is 3.59. The lowest BCUT2D eigenvalue weighted by Crippen LogP contribution is -2.29. The number of halogens is 1. The lowest BCUT2D eigenvalue weighted by Gasteiger charge is -2.24. The summed E-state index contributed by atoms with van der Waals surface area (Å²) in [6.45, 7) is 1.75. The average molecular weight is 291 g/mol. The number of para-hydroxylation sites is 1. The second-order valence-corrected chi connectivity index (χ2v) is 5.58. The molecule has 3 rings (SSSR count). The van der Waals surface area contributed by atoms with Crippen molar-refractivity contribution in [1.82, 2.24) is 4.98 Å². The molecular weight excluding hydrogens is 272 g/mol. The molecule has 1 aromatic carbocycles. The van der Waals surface area contributed by atoms with Gasteiger partial charge in [0.1, 0.15) is 5.82 Å². The molecule has 1 aliphatic rings. The summed E-state index contributed by atoms with van der Waals surface area (Å²) in [7, 11) is 2.06. The molecule has 2 heterocycles. The van der Waals surface area contributed by atoms with E-state index in [2.05, 4.69) is 24.1 Å². The molecule has 1 unspecified atom stereocenters. The van der Waals surface area contributed by atoms with Crippen LogP contribution in [0, 0.1) is 0 Å². The molecule has 1 saturated heterocycles. The van der Waals surface area contributed by atoms with E-state index in [-0.39, 0.29) is 0 Å². The molecule has 1 fully saturated rings. The number of pyridine rings is 1. The first kappa shape index (κ1) is 13.7. The molecular formula is C16H19ClN2O. The smallest absolute Gasteiger partial charge is 0.133 e. The summed E-state index contributed by atoms with van der Waals surface area (Å²) in [6, 6.07) is 10.3. The van der Waals surface area contributed by atoms with Gasteiger partial charge >= 0.3 is 0 Å². The van der Waals surface area contributed by atoms with Crippen molar-refractivity contribution in [2.75, 3.05) is 25.1 Å². The van der Waals surface area contributed by atoms with Crippen molar-refractivity contribution >= 4 is 28.3 Å². The summed E-state index contributed by atoms with van der Waals surface area (Å²) in [4.78, 5) is 6.94. The first-order valence-electron chi connectivity index (χ1n) is 7.05. The van der Waals surface area contributed by atoms with Crippen molar-refractivity contribution in [1.29, 1.82) is 0 Å². The van der Waals surface area contributed by atoms with Gasteiger partial charge in [-0.15, -0.1) is 11.6 Å². The lowest BCUT2D eigenvalue weighted by molar-refractivity contribution is 0.116. The highest BCUT2D eigenvalue weighted by molar-refractivity contribution is 6.17. The summed E-state index contributed by atoms with van der Waals surface area (Å²) < 4.78 is 5.70. The van der Waals surface area contributed by atoms with E-state index in [9.17, 15) is 0 Å². The van der Waals surface area contributed by atoms with Gasteiger partial charge in [0, 0.05) is 31.1 Å². The molecule has 0 radical (unpaired) electrons. The molecule has 4 heteroatoms. The van der Waals surface area contributed by atoms with Crippen molar-refractivity contribution in [3.63, 3.8) is 0 Å². The topological polar surface area (TPSA) is 25.4 Å². The molecule has 0 aliphatic carbocycles. The second kappa shape index (κ2) is 5.98. The highest BCUT2D eigenvalue weighted by Crippen LogP contribution is 2.25. The molecule has 2 aromatic rings. The van der Waals surface area contributed by atoms with Gasteiger partial charge in [0.15, 0.2) is 0 Å². The van der Waals surface area contributed by atoms with Gasteiger partial charge in [-0.05, 0) is 25.0 Å². The molecule has 1 atom stereocenters. The van der Waals surface area contributed by atoms with E-state index in [1.807, 2.05) is 18.2 Å². The third-order valence-corrected chi connectivity index (χ3v) is 4.08. The minimum Gasteiger partial charge on any atom is -0.376 e. The van der Waals surface area contributed by atoms with Crippen molar-refractivity contribution in [2.24, 2.45) is 0 Å². The van der Waals surface area contributed by atoms with Crippen LogP contribution in [0.1, 0.15) is 18.4 Å². The van der Waals surface area contributed by atoms with E-state index in [0.29, 0.717) is 12.0 Å². The molecule has 20 heavy (non-hydrogen) atoms. The molecule has 0 amide bonds. The quantitative estimate of drug-likeness (QED) is 0.805. The monoisotopic (exact) mass is 290 g/mol. The van der Waals surface area contributed by atoms with E-state index in [0.717, 1.165) is 48.3 Å². The van der Waals surface area contributed by atoms with Crippen LogP contribution in [0.15, 0.2) is 30.3 Å². The Morgan fingerprint density at radius 2 is 2.25 bits per heavy atom. The average Bonchev–Trinajstić information content (AvgIpc) is 2.98. The predicted molar refractivity (Wildman–Crippen MR) is 83.5 cm³/mol. The molecule has 106 valence electrons. The normalized spacial score (nSPS) is 18.6. The van der Waals surface area contributed by atoms with E-state index in [4.69, 9.17) is 21.3 Å². The number of rotatable bonds is 4. The Morgan fingerprint density at radius 1 is 1.40 bits per heavy atom. The maximum Gasteiger partial charge on any atom is 0.133 e. The summed E-state index contributed by atoms with van der Waals surface area (Å²) >= 11 is 6.10. The number of benzene rings is 1. The van der Waals surface area contributed by atoms with Gasteiger partial charge in [-0.2, -0.15) is 0 Å². The Labute approximate surface area is 124 Å². The molecule has 1 aliphatic heterocycles. The minimum absolute atomic E-state index is 0.316. The summed E-state index contributed by atoms with van der Waals surface area (Å²) in [5.74, 6) is 1.44. The number of ether oxygens (including phenoxy) is 1. The number of likely N-dealkylation sites (N-methyl/N-ethyl adjacent to an activating group) is 1. The number of nitrogens with zero attached hydrogens (tertiary/aromatic N) is 2. The maximum atomic E-state index is 6.10. The number of fused-ring (bicyclic) bond motifs is 1. The van der Waals surface area contributed by atoms with Crippen LogP contribution in [0.5, 0.6) is 0 Å². The molecule has 1 aromatic heterocycles. The number of anilines is 1. The maximum absolute atomic E-state index is 6.10. The van der Waals surface area contributed by atoms with Crippen molar-refractivity contribution in [3.05, 3.63) is 35.9 Å². The molecule has 0 N–H and O–H groups in total. The van der Waals surface area contributed by atoms with Crippen molar-refractivity contribution < 1.29 is 4.74 Å². The Hall–Kier alpha value is -1.32. The molecule has 0 saturated carbocycles. The zero-order chi connectivity index (χ0) is 13.9. The van der Waals surface area contributed by atoms with Crippen LogP contribution >= 0.6 is 11.6 Å². The Bertz CT molecular complexity index is 596. The largest absolute Gasteiger partial charge is 0.376 e. The Kier molecular flexibility index (Phi) is 4.08. The minimum atomic E-state index is 0.316. The van der Waals surface area contributed by atoms with Gasteiger partial charge in [-0.25, -0.2) is 4.98 Å². The number of aromatic nitrogens is 1. The van der Waals surface area contributed by atoms with Crippen LogP contribution in [0.25, 0.3) is 10.9 Å². The zero-order valence-electron chi connectivity index (χ0n) is 11.7. The molecule has 3 nitrogen and oxygen atoms in total. The van der Waals surface area contributed by atoms with Gasteiger partial charge in [0.2, 0.25) is 0 Å². The summed E-state index contributed by atoms with van der Waals surface area (Å²) in [6.07, 6.45) is 2.61. The molecule has 0 spiro atoms. The van der Waals surface area contributed by atoms with E-state index >= 15 is 0 Å². The van der Waals surface area contributed by atoms with E-state index in [1.54, 1.807) is 0 Å². The molecule has 0 bridgehead atoms. The van der Waals surface area contributed by atoms with Crippen LogP contribution in [0.4, 0.5) is 5.82 Å². The fraction of sp³-hybridized carbons (Fsp3) is 0.438. The fourth-order valence-corrected chi connectivity index (χ4v) is 2.96. The third-order valence-electron chi connectivity index (χ3n) is 3.79. The number of alkyl halides is 1. The second-order valence-electron chi connectivity index (χ2n) is 5.31. The zero-order valence-corrected chi connectivity index (χ0v) is 12.4. The van der Waals surface area contributed by atoms with Crippen LogP contribution in [-0.2, 0) is 10.6 Å². The van der Waals surface area contributed by atoms with E-state index < -0.39 is 0 Å². The number of hydrogen-bond donors (Lipinski definition) is 0. The highest BCUT2D eigenvalue weighted by atomic mass is 35.5. The van der Waals surface area contributed by atoms with Gasteiger partial charge in [-0.1, -0.05) is 18.2 Å². The van der Waals surface area contributed by atoms with Crippen LogP contribution in [-0.4, -0.2) is 31.3 Å². The van der Waals surface area contributed by atoms with Gasteiger partial charge in [-0.3, -0.25) is 0 Å². The first-order chi connectivity index (χ1) is 9.78. The standard InChI is InChI=1S/C16H19ClN2O/c1-19(11-14-6-4-8-20-14)16-13(10-17)9-12-5-2-3-7-15(12)18-16/h2-3,5,7,9,14H,4,6,8,10-11H2,1H3. The van der Waals surface area contributed by atoms with Gasteiger partial charge in [0.25, 0.3) is 0 Å².